The van der Waals surface area contributed by atoms with E-state index in [-0.39, 0.29) is 12.5 Å². The van der Waals surface area contributed by atoms with Crippen molar-refractivity contribution in [3.8, 4) is 0 Å². The molecule has 0 saturated carbocycles. The summed E-state index contributed by atoms with van der Waals surface area (Å²) in [5.41, 5.74) is 1.43. The number of carbonyl (C=O) groups is 1. The molecular weight excluding hydrogens is 296 g/mol. The van der Waals surface area contributed by atoms with Crippen LogP contribution in [-0.4, -0.2) is 38.4 Å². The minimum Gasteiger partial charge on any atom is -0.341 e. The van der Waals surface area contributed by atoms with Gasteiger partial charge in [0.2, 0.25) is 5.91 Å². The van der Waals surface area contributed by atoms with Gasteiger partial charge in [0.1, 0.15) is 6.54 Å². The molecule has 0 aromatic carbocycles. The normalized spacial score (nSPS) is 15.8. The van der Waals surface area contributed by atoms with Gasteiger partial charge in [-0.25, -0.2) is 4.98 Å². The van der Waals surface area contributed by atoms with Gasteiger partial charge in [-0.3, -0.25) is 9.36 Å². The molecule has 0 atom stereocenters. The predicted molar refractivity (Wildman–Crippen MR) is 80.4 cm³/mol. The fraction of sp³-hybridized carbons (Fsp3) is 0.462. The highest BCUT2D eigenvalue weighted by molar-refractivity contribution is 7.71. The van der Waals surface area contributed by atoms with Gasteiger partial charge in [0.05, 0.1) is 10.5 Å². The second-order valence-electron chi connectivity index (χ2n) is 4.98. The molecule has 1 N–H and O–H groups in total. The number of aromatic nitrogens is 3. The molecule has 2 aromatic heterocycles. The fourth-order valence-corrected chi connectivity index (χ4v) is 2.96. The average molecular weight is 311 g/mol. The lowest BCUT2D eigenvalue weighted by molar-refractivity contribution is -0.132. The molecule has 0 radical (unpaired) electrons. The largest absolute Gasteiger partial charge is 0.341 e. The van der Waals surface area contributed by atoms with Gasteiger partial charge in [-0.1, -0.05) is 11.6 Å². The van der Waals surface area contributed by atoms with Gasteiger partial charge >= 0.3 is 0 Å². The molecule has 5 nitrogen and oxygen atoms in total. The Kier molecular flexibility index (Phi) is 3.76. The third-order valence-corrected chi connectivity index (χ3v) is 4.11. The number of nitrogens with one attached hydrogen (secondary N) is 1. The van der Waals surface area contributed by atoms with Gasteiger partial charge in [0, 0.05) is 19.3 Å². The topological polar surface area (TPSA) is 53.9 Å². The van der Waals surface area contributed by atoms with Crippen molar-refractivity contribution in [3.05, 3.63) is 22.1 Å². The van der Waals surface area contributed by atoms with Crippen LogP contribution in [0.3, 0.4) is 0 Å². The van der Waals surface area contributed by atoms with Gasteiger partial charge < -0.3 is 9.88 Å². The number of aromatic amines is 1. The molecule has 3 heterocycles. The van der Waals surface area contributed by atoms with Crippen molar-refractivity contribution in [2.24, 2.45) is 0 Å². The molecule has 1 aliphatic heterocycles. The SMILES string of the molecule is O=C(Cn1c(=S)[nH]c2cc(Cl)cnc21)N1CCCCC1. The summed E-state index contributed by atoms with van der Waals surface area (Å²) < 4.78 is 2.23. The number of H-pyrrole nitrogens is 1. The number of amides is 1. The Morgan fingerprint density at radius 3 is 2.90 bits per heavy atom. The lowest BCUT2D eigenvalue weighted by Gasteiger charge is -2.26. The minimum absolute atomic E-state index is 0.0958. The quantitative estimate of drug-likeness (QED) is 0.868. The Bertz CT molecular complexity index is 702. The summed E-state index contributed by atoms with van der Waals surface area (Å²) in [5.74, 6) is 0.0958. The number of nitrogens with zero attached hydrogens (tertiary/aromatic N) is 3. The van der Waals surface area contributed by atoms with Crippen LogP contribution in [0.2, 0.25) is 5.02 Å². The zero-order valence-corrected chi connectivity index (χ0v) is 12.5. The third kappa shape index (κ3) is 2.58. The number of piperidine rings is 1. The van der Waals surface area contributed by atoms with Gasteiger partial charge in [-0.15, -0.1) is 0 Å². The van der Waals surface area contributed by atoms with E-state index in [4.69, 9.17) is 23.8 Å². The summed E-state index contributed by atoms with van der Waals surface area (Å²) >= 11 is 11.2. The monoisotopic (exact) mass is 310 g/mol. The van der Waals surface area contributed by atoms with E-state index in [2.05, 4.69) is 9.97 Å². The number of halogens is 1. The van der Waals surface area contributed by atoms with Crippen molar-refractivity contribution >= 4 is 40.9 Å². The van der Waals surface area contributed by atoms with Crippen molar-refractivity contribution < 1.29 is 4.79 Å². The van der Waals surface area contributed by atoms with E-state index in [0.29, 0.717) is 15.4 Å². The Hall–Kier alpha value is -1.40. The van der Waals surface area contributed by atoms with E-state index in [1.54, 1.807) is 16.8 Å². The number of hydrogen-bond donors (Lipinski definition) is 1. The number of rotatable bonds is 2. The lowest BCUT2D eigenvalue weighted by atomic mass is 10.1. The third-order valence-electron chi connectivity index (χ3n) is 3.58. The van der Waals surface area contributed by atoms with Crippen molar-refractivity contribution in [3.63, 3.8) is 0 Å². The van der Waals surface area contributed by atoms with Crippen LogP contribution in [0.5, 0.6) is 0 Å². The Morgan fingerprint density at radius 1 is 1.40 bits per heavy atom. The van der Waals surface area contributed by atoms with Crippen molar-refractivity contribution in [1.29, 1.82) is 0 Å². The van der Waals surface area contributed by atoms with E-state index in [9.17, 15) is 4.79 Å². The summed E-state index contributed by atoms with van der Waals surface area (Å²) in [6.07, 6.45) is 4.93. The zero-order valence-electron chi connectivity index (χ0n) is 10.9. The van der Waals surface area contributed by atoms with Crippen LogP contribution < -0.4 is 0 Å². The van der Waals surface area contributed by atoms with Crippen molar-refractivity contribution in [1.82, 2.24) is 19.4 Å². The van der Waals surface area contributed by atoms with Crippen molar-refractivity contribution in [2.75, 3.05) is 13.1 Å². The summed E-state index contributed by atoms with van der Waals surface area (Å²) in [6.45, 7) is 1.91. The van der Waals surface area contributed by atoms with Crippen LogP contribution in [-0.2, 0) is 11.3 Å². The lowest BCUT2D eigenvalue weighted by Crippen LogP contribution is -2.37. The fourth-order valence-electron chi connectivity index (χ4n) is 2.54. The molecule has 106 valence electrons. The second-order valence-corrected chi connectivity index (χ2v) is 5.81. The maximum atomic E-state index is 12.3. The van der Waals surface area contributed by atoms with Gasteiger partial charge in [-0.2, -0.15) is 0 Å². The number of imidazole rings is 1. The number of likely N-dealkylation sites (tertiary alicyclic amines) is 1. The van der Waals surface area contributed by atoms with Crippen LogP contribution in [0.15, 0.2) is 12.3 Å². The second kappa shape index (κ2) is 5.54. The molecule has 3 rings (SSSR count). The average Bonchev–Trinajstić information content (AvgIpc) is 2.75. The van der Waals surface area contributed by atoms with Crippen LogP contribution in [0, 0.1) is 4.77 Å². The van der Waals surface area contributed by atoms with Crippen LogP contribution in [0.25, 0.3) is 11.2 Å². The van der Waals surface area contributed by atoms with Crippen LogP contribution in [0.1, 0.15) is 19.3 Å². The van der Waals surface area contributed by atoms with Gasteiger partial charge in [-0.05, 0) is 37.5 Å². The highest BCUT2D eigenvalue weighted by Crippen LogP contribution is 2.17. The van der Waals surface area contributed by atoms with Gasteiger partial charge in [0.25, 0.3) is 0 Å². The number of pyridine rings is 1. The highest BCUT2D eigenvalue weighted by Gasteiger charge is 2.18. The molecule has 20 heavy (non-hydrogen) atoms. The maximum absolute atomic E-state index is 12.3. The zero-order chi connectivity index (χ0) is 14.1. The summed E-state index contributed by atoms with van der Waals surface area (Å²) in [5, 5.41) is 0.545. The highest BCUT2D eigenvalue weighted by atomic mass is 35.5. The summed E-state index contributed by atoms with van der Waals surface area (Å²) in [4.78, 5) is 21.5. The number of fused-ring (bicyclic) bond motifs is 1. The first kappa shape index (κ1) is 13.6. The first-order chi connectivity index (χ1) is 9.65. The van der Waals surface area contributed by atoms with Crippen LogP contribution >= 0.6 is 23.8 Å². The molecule has 0 aliphatic carbocycles. The Balaban J connectivity index is 1.88. The number of hydrogen-bond acceptors (Lipinski definition) is 3. The minimum atomic E-state index is 0.0958. The van der Waals surface area contributed by atoms with E-state index < -0.39 is 0 Å². The molecule has 7 heteroatoms. The maximum Gasteiger partial charge on any atom is 0.242 e. The molecule has 1 amide bonds. The first-order valence-corrected chi connectivity index (χ1v) is 7.45. The van der Waals surface area contributed by atoms with Gasteiger partial charge in [0.15, 0.2) is 10.4 Å². The van der Waals surface area contributed by atoms with E-state index >= 15 is 0 Å². The van der Waals surface area contributed by atoms with Crippen LogP contribution in [0.4, 0.5) is 0 Å². The predicted octanol–water partition coefficient (Wildman–Crippen LogP) is 2.76. The Morgan fingerprint density at radius 2 is 2.15 bits per heavy atom. The molecule has 1 saturated heterocycles. The molecule has 2 aromatic rings. The molecule has 0 bridgehead atoms. The van der Waals surface area contributed by atoms with E-state index in [0.717, 1.165) is 31.4 Å². The number of carbonyl (C=O) groups excluding carboxylic acids is 1. The van der Waals surface area contributed by atoms with Crippen molar-refractivity contribution in [2.45, 2.75) is 25.8 Å². The molecule has 0 spiro atoms. The molecule has 1 fully saturated rings. The summed E-state index contributed by atoms with van der Waals surface area (Å²) in [7, 11) is 0. The van der Waals surface area contributed by atoms with E-state index in [1.165, 1.54) is 6.42 Å². The molecule has 1 aliphatic rings. The smallest absolute Gasteiger partial charge is 0.242 e. The Labute approximate surface area is 126 Å². The molecule has 0 unspecified atom stereocenters. The van der Waals surface area contributed by atoms with E-state index in [1.807, 2.05) is 4.90 Å². The standard InChI is InChI=1S/C13H15ClN4OS/c14-9-6-10-12(15-7-9)18(13(20)16-10)8-11(19)17-4-2-1-3-5-17/h6-7H,1-5,8H2,(H,16,20). The molecular formula is C13H15ClN4OS. The first-order valence-electron chi connectivity index (χ1n) is 6.67. The summed E-state index contributed by atoms with van der Waals surface area (Å²) in [6, 6.07) is 1.77.